The van der Waals surface area contributed by atoms with Gasteiger partial charge in [-0.3, -0.25) is 4.90 Å². The highest BCUT2D eigenvalue weighted by Gasteiger charge is 2.15. The molecular weight excluding hydrogens is 254 g/mol. The SMILES string of the molecule is C1=CO[C@@H](c2ccc(CN3CCCOCC3)cc2)CO1. The minimum absolute atomic E-state index is 0.0145. The van der Waals surface area contributed by atoms with Crippen LogP contribution in [-0.2, 0) is 20.8 Å². The third-order valence-corrected chi connectivity index (χ3v) is 3.71. The van der Waals surface area contributed by atoms with E-state index in [2.05, 4.69) is 29.2 Å². The summed E-state index contributed by atoms with van der Waals surface area (Å²) in [5.74, 6) is 0. The van der Waals surface area contributed by atoms with E-state index in [1.54, 1.807) is 12.5 Å². The minimum Gasteiger partial charge on any atom is -0.494 e. The second-order valence-corrected chi connectivity index (χ2v) is 5.21. The molecule has 0 unspecified atom stereocenters. The summed E-state index contributed by atoms with van der Waals surface area (Å²) >= 11 is 0. The van der Waals surface area contributed by atoms with Crippen LogP contribution in [-0.4, -0.2) is 37.8 Å². The first-order valence-electron chi connectivity index (χ1n) is 7.23. The molecule has 108 valence electrons. The van der Waals surface area contributed by atoms with Crippen molar-refractivity contribution in [3.05, 3.63) is 47.9 Å². The van der Waals surface area contributed by atoms with Crippen LogP contribution in [0.4, 0.5) is 0 Å². The molecule has 1 aromatic rings. The molecule has 2 aliphatic rings. The molecule has 0 saturated carbocycles. The van der Waals surface area contributed by atoms with E-state index in [-0.39, 0.29) is 6.10 Å². The fraction of sp³-hybridized carbons (Fsp3) is 0.500. The lowest BCUT2D eigenvalue weighted by atomic mass is 10.1. The van der Waals surface area contributed by atoms with Crippen molar-refractivity contribution >= 4 is 0 Å². The zero-order valence-corrected chi connectivity index (χ0v) is 11.7. The summed E-state index contributed by atoms with van der Waals surface area (Å²) in [5, 5.41) is 0. The van der Waals surface area contributed by atoms with Gasteiger partial charge in [-0.15, -0.1) is 0 Å². The second kappa shape index (κ2) is 6.77. The molecule has 2 aliphatic heterocycles. The van der Waals surface area contributed by atoms with Gasteiger partial charge in [0.1, 0.15) is 19.1 Å². The lowest BCUT2D eigenvalue weighted by Crippen LogP contribution is -2.25. The van der Waals surface area contributed by atoms with Crippen LogP contribution in [0.15, 0.2) is 36.8 Å². The molecule has 2 heterocycles. The van der Waals surface area contributed by atoms with Crippen LogP contribution in [0.5, 0.6) is 0 Å². The quantitative estimate of drug-likeness (QED) is 0.848. The summed E-state index contributed by atoms with van der Waals surface area (Å²) in [6.07, 6.45) is 4.34. The van der Waals surface area contributed by atoms with Crippen molar-refractivity contribution < 1.29 is 14.2 Å². The predicted molar refractivity (Wildman–Crippen MR) is 76.1 cm³/mol. The number of benzene rings is 1. The summed E-state index contributed by atoms with van der Waals surface area (Å²) < 4.78 is 16.3. The molecule has 20 heavy (non-hydrogen) atoms. The van der Waals surface area contributed by atoms with Crippen molar-refractivity contribution in [3.63, 3.8) is 0 Å². The van der Waals surface area contributed by atoms with Crippen LogP contribution in [0.25, 0.3) is 0 Å². The van der Waals surface area contributed by atoms with Gasteiger partial charge in [0.25, 0.3) is 0 Å². The van der Waals surface area contributed by atoms with Crippen molar-refractivity contribution in [2.75, 3.05) is 32.9 Å². The van der Waals surface area contributed by atoms with E-state index in [4.69, 9.17) is 14.2 Å². The van der Waals surface area contributed by atoms with Gasteiger partial charge in [0.05, 0.1) is 6.61 Å². The normalized spacial score (nSPS) is 23.7. The van der Waals surface area contributed by atoms with Gasteiger partial charge in [-0.1, -0.05) is 24.3 Å². The smallest absolute Gasteiger partial charge is 0.157 e. The lowest BCUT2D eigenvalue weighted by Gasteiger charge is -2.21. The van der Waals surface area contributed by atoms with Crippen molar-refractivity contribution in [2.24, 2.45) is 0 Å². The van der Waals surface area contributed by atoms with Gasteiger partial charge in [0.15, 0.2) is 6.10 Å². The molecule has 1 aromatic carbocycles. The first-order valence-corrected chi connectivity index (χ1v) is 7.23. The van der Waals surface area contributed by atoms with Gasteiger partial charge < -0.3 is 14.2 Å². The maximum atomic E-state index is 5.54. The van der Waals surface area contributed by atoms with E-state index in [9.17, 15) is 0 Å². The Bertz CT molecular complexity index is 436. The van der Waals surface area contributed by atoms with Gasteiger partial charge in [0.2, 0.25) is 0 Å². The monoisotopic (exact) mass is 275 g/mol. The van der Waals surface area contributed by atoms with Crippen LogP contribution in [0.3, 0.4) is 0 Å². The van der Waals surface area contributed by atoms with E-state index in [0.717, 1.165) is 44.8 Å². The summed E-state index contributed by atoms with van der Waals surface area (Å²) in [7, 11) is 0. The third-order valence-electron chi connectivity index (χ3n) is 3.71. The van der Waals surface area contributed by atoms with Crippen LogP contribution in [0.2, 0.25) is 0 Å². The Balaban J connectivity index is 1.59. The Kier molecular flexibility index (Phi) is 4.56. The maximum absolute atomic E-state index is 5.54. The Labute approximate surface area is 119 Å². The summed E-state index contributed by atoms with van der Waals surface area (Å²) in [5.41, 5.74) is 2.50. The predicted octanol–water partition coefficient (Wildman–Crippen LogP) is 2.47. The van der Waals surface area contributed by atoms with Crippen LogP contribution < -0.4 is 0 Å². The molecule has 0 N–H and O–H groups in total. The molecule has 0 aliphatic carbocycles. The molecule has 0 radical (unpaired) electrons. The molecule has 0 spiro atoms. The number of nitrogens with zero attached hydrogens (tertiary/aromatic N) is 1. The minimum atomic E-state index is 0.0145. The maximum Gasteiger partial charge on any atom is 0.157 e. The first-order chi connectivity index (χ1) is 9.92. The standard InChI is InChI=1S/C16H21NO3/c1-6-17(7-9-18-8-1)12-14-2-4-15(5-3-14)16-13-19-10-11-20-16/h2-5,10-11,16H,1,6-9,12-13H2/t16-/m1/s1. The lowest BCUT2D eigenvalue weighted by molar-refractivity contribution is 0.0326. The van der Waals surface area contributed by atoms with Crippen molar-refractivity contribution in [1.82, 2.24) is 4.90 Å². The Morgan fingerprint density at radius 2 is 1.95 bits per heavy atom. The fourth-order valence-electron chi connectivity index (χ4n) is 2.57. The van der Waals surface area contributed by atoms with E-state index in [1.165, 1.54) is 5.56 Å². The largest absolute Gasteiger partial charge is 0.494 e. The highest BCUT2D eigenvalue weighted by atomic mass is 16.6. The Morgan fingerprint density at radius 1 is 1.05 bits per heavy atom. The highest BCUT2D eigenvalue weighted by Crippen LogP contribution is 2.22. The summed E-state index contributed by atoms with van der Waals surface area (Å²) in [6, 6.07) is 8.64. The zero-order valence-electron chi connectivity index (χ0n) is 11.7. The van der Waals surface area contributed by atoms with Crippen molar-refractivity contribution in [3.8, 4) is 0 Å². The molecule has 4 heteroatoms. The van der Waals surface area contributed by atoms with Crippen LogP contribution in [0.1, 0.15) is 23.7 Å². The van der Waals surface area contributed by atoms with Gasteiger partial charge in [0, 0.05) is 26.2 Å². The highest BCUT2D eigenvalue weighted by molar-refractivity contribution is 5.24. The number of ether oxygens (including phenoxy) is 3. The van der Waals surface area contributed by atoms with Crippen LogP contribution in [0, 0.1) is 0 Å². The molecule has 0 amide bonds. The van der Waals surface area contributed by atoms with Crippen molar-refractivity contribution in [1.29, 1.82) is 0 Å². The molecule has 0 bridgehead atoms. The second-order valence-electron chi connectivity index (χ2n) is 5.21. The summed E-state index contributed by atoms with van der Waals surface area (Å²) in [6.45, 7) is 5.45. The molecule has 1 fully saturated rings. The molecule has 0 aromatic heterocycles. The topological polar surface area (TPSA) is 30.9 Å². The molecule has 4 nitrogen and oxygen atoms in total. The average Bonchev–Trinajstić information content (AvgIpc) is 2.78. The first kappa shape index (κ1) is 13.5. The fourth-order valence-corrected chi connectivity index (χ4v) is 2.57. The average molecular weight is 275 g/mol. The van der Waals surface area contributed by atoms with E-state index >= 15 is 0 Å². The van der Waals surface area contributed by atoms with Gasteiger partial charge in [-0.05, 0) is 17.5 Å². The number of hydrogen-bond donors (Lipinski definition) is 0. The Hall–Kier alpha value is -1.52. The van der Waals surface area contributed by atoms with Crippen LogP contribution >= 0.6 is 0 Å². The third kappa shape index (κ3) is 3.52. The molecule has 3 rings (SSSR count). The number of rotatable bonds is 3. The van der Waals surface area contributed by atoms with E-state index in [1.807, 2.05) is 0 Å². The number of hydrogen-bond acceptors (Lipinski definition) is 4. The van der Waals surface area contributed by atoms with E-state index in [0.29, 0.717) is 6.61 Å². The molecule has 1 atom stereocenters. The zero-order chi connectivity index (χ0) is 13.6. The van der Waals surface area contributed by atoms with Gasteiger partial charge in [-0.25, -0.2) is 0 Å². The summed E-state index contributed by atoms with van der Waals surface area (Å²) in [4.78, 5) is 2.45. The van der Waals surface area contributed by atoms with Gasteiger partial charge >= 0.3 is 0 Å². The van der Waals surface area contributed by atoms with E-state index < -0.39 is 0 Å². The van der Waals surface area contributed by atoms with Gasteiger partial charge in [-0.2, -0.15) is 0 Å². The Morgan fingerprint density at radius 3 is 2.75 bits per heavy atom. The molecule has 1 saturated heterocycles. The molecular formula is C16H21NO3. The van der Waals surface area contributed by atoms with Crippen molar-refractivity contribution in [2.45, 2.75) is 19.1 Å².